The van der Waals surface area contributed by atoms with Crippen LogP contribution in [0.15, 0.2) is 66.2 Å². The Morgan fingerprint density at radius 1 is 1.03 bits per heavy atom. The Morgan fingerprint density at radius 2 is 1.74 bits per heavy atom. The minimum atomic E-state index is -0.803. The van der Waals surface area contributed by atoms with Gasteiger partial charge in [-0.15, -0.1) is 0 Å². The summed E-state index contributed by atoms with van der Waals surface area (Å²) in [6, 6.07) is 15.6. The quantitative estimate of drug-likeness (QED) is 0.109. The predicted octanol–water partition coefficient (Wildman–Crippen LogP) is 5.41. The summed E-state index contributed by atoms with van der Waals surface area (Å²) in [5, 5.41) is 13.1. The summed E-state index contributed by atoms with van der Waals surface area (Å²) >= 11 is 2.07. The highest BCUT2D eigenvalue weighted by molar-refractivity contribution is 14.1. The molecule has 0 saturated carbocycles. The lowest BCUT2D eigenvalue weighted by Gasteiger charge is -2.28. The molecule has 0 atom stereocenters. The summed E-state index contributed by atoms with van der Waals surface area (Å²) in [5.74, 6) is -0.671. The molecule has 0 bridgehead atoms. The average Bonchev–Trinajstić information content (AvgIpc) is 2.91. The van der Waals surface area contributed by atoms with Crippen LogP contribution in [-0.2, 0) is 22.6 Å². The molecule has 0 unspecified atom stereocenters. The molecule has 0 aromatic heterocycles. The second kappa shape index (κ2) is 12.1. The Kier molecular flexibility index (Phi) is 8.59. The molecule has 0 aliphatic carbocycles. The van der Waals surface area contributed by atoms with Crippen molar-refractivity contribution in [1.29, 1.82) is 0 Å². The zero-order valence-electron chi connectivity index (χ0n) is 21.1. The number of nitro benzene ring substituents is 1. The lowest BCUT2D eigenvalue weighted by Crippen LogP contribution is -2.54. The third-order valence-corrected chi connectivity index (χ3v) is 6.69. The molecule has 1 aliphatic heterocycles. The van der Waals surface area contributed by atoms with Crippen LogP contribution < -0.4 is 19.7 Å². The van der Waals surface area contributed by atoms with Gasteiger partial charge in [0, 0.05) is 12.1 Å². The van der Waals surface area contributed by atoms with Gasteiger partial charge in [0.2, 0.25) is 0 Å². The van der Waals surface area contributed by atoms with Crippen LogP contribution >= 0.6 is 22.6 Å². The largest absolute Gasteiger partial charge is 0.490 e. The van der Waals surface area contributed by atoms with Crippen LogP contribution in [0.4, 0.5) is 16.2 Å². The molecule has 3 aromatic carbocycles. The summed E-state index contributed by atoms with van der Waals surface area (Å²) in [5.41, 5.74) is 2.23. The fourth-order valence-corrected chi connectivity index (χ4v) is 4.80. The van der Waals surface area contributed by atoms with Gasteiger partial charge in [-0.2, -0.15) is 0 Å². The zero-order chi connectivity index (χ0) is 28.1. The van der Waals surface area contributed by atoms with Gasteiger partial charge in [0.05, 0.1) is 20.8 Å². The van der Waals surface area contributed by atoms with Crippen molar-refractivity contribution in [2.75, 3.05) is 11.5 Å². The molecule has 10 nitrogen and oxygen atoms in total. The number of nitrogens with zero attached hydrogens (tertiary/aromatic N) is 2. The zero-order valence-corrected chi connectivity index (χ0v) is 23.3. The number of carbonyl (C=O) groups excluding carboxylic acids is 3. The van der Waals surface area contributed by atoms with Crippen molar-refractivity contribution in [2.24, 2.45) is 0 Å². The molecule has 1 aliphatic rings. The Balaban J connectivity index is 1.64. The van der Waals surface area contributed by atoms with E-state index in [-0.39, 0.29) is 17.9 Å². The van der Waals surface area contributed by atoms with Crippen LogP contribution in [0.1, 0.15) is 30.5 Å². The number of non-ortho nitro benzene ring substituents is 1. The molecule has 0 radical (unpaired) electrons. The standard InChI is InChI=1S/C28H24IN3O7/c1-3-19-7-5-6-8-23(19)31-27(34)21(26(33)30-28(31)35)13-18-14-22(29)25(24(15-18)38-4-2)39-16-17-9-11-20(12-10-17)32(36)37/h5-15H,3-4,16H2,1-2H3,(H,30,33,35)/b21-13-. The van der Waals surface area contributed by atoms with Gasteiger partial charge in [-0.05, 0) is 89.0 Å². The monoisotopic (exact) mass is 641 g/mol. The lowest BCUT2D eigenvalue weighted by atomic mass is 10.0. The van der Waals surface area contributed by atoms with Crippen molar-refractivity contribution in [3.05, 3.63) is 96.6 Å². The minimum absolute atomic E-state index is 0.0135. The van der Waals surface area contributed by atoms with Crippen molar-refractivity contribution in [2.45, 2.75) is 26.9 Å². The number of aryl methyl sites for hydroxylation is 1. The number of ether oxygens (including phenoxy) is 2. The van der Waals surface area contributed by atoms with Gasteiger partial charge in [0.1, 0.15) is 12.2 Å². The van der Waals surface area contributed by atoms with Crippen LogP contribution in [0.5, 0.6) is 11.5 Å². The fraction of sp³-hybridized carbons (Fsp3) is 0.179. The summed E-state index contributed by atoms with van der Waals surface area (Å²) < 4.78 is 12.4. The molecule has 39 heavy (non-hydrogen) atoms. The van der Waals surface area contributed by atoms with Crippen LogP contribution in [-0.4, -0.2) is 29.4 Å². The fourth-order valence-electron chi connectivity index (χ4n) is 4.01. The van der Waals surface area contributed by atoms with Gasteiger partial charge in [-0.25, -0.2) is 9.69 Å². The Labute approximate surface area is 237 Å². The van der Waals surface area contributed by atoms with Crippen LogP contribution in [0.2, 0.25) is 0 Å². The van der Waals surface area contributed by atoms with E-state index in [2.05, 4.69) is 27.9 Å². The van der Waals surface area contributed by atoms with Gasteiger partial charge in [0.15, 0.2) is 11.5 Å². The molecule has 0 spiro atoms. The molecule has 11 heteroatoms. The van der Waals surface area contributed by atoms with E-state index in [0.717, 1.165) is 16.0 Å². The second-order valence-electron chi connectivity index (χ2n) is 8.42. The molecule has 1 fully saturated rings. The number of nitrogens with one attached hydrogen (secondary N) is 1. The number of halogens is 1. The molecule has 1 saturated heterocycles. The van der Waals surface area contributed by atoms with Crippen LogP contribution in [0.25, 0.3) is 6.08 Å². The van der Waals surface area contributed by atoms with Crippen LogP contribution in [0, 0.1) is 13.7 Å². The number of carbonyl (C=O) groups is 3. The van der Waals surface area contributed by atoms with E-state index >= 15 is 0 Å². The summed E-state index contributed by atoms with van der Waals surface area (Å²) in [6.07, 6.45) is 2.01. The maximum atomic E-state index is 13.4. The average molecular weight is 641 g/mol. The first kappa shape index (κ1) is 27.8. The number of anilines is 1. The number of nitro groups is 1. The predicted molar refractivity (Wildman–Crippen MR) is 153 cm³/mol. The van der Waals surface area contributed by atoms with E-state index in [0.29, 0.717) is 39.3 Å². The highest BCUT2D eigenvalue weighted by atomic mass is 127. The van der Waals surface area contributed by atoms with E-state index in [4.69, 9.17) is 9.47 Å². The molecule has 3 aromatic rings. The van der Waals surface area contributed by atoms with Gasteiger partial charge in [0.25, 0.3) is 17.5 Å². The minimum Gasteiger partial charge on any atom is -0.490 e. The topological polar surface area (TPSA) is 128 Å². The normalized spacial score (nSPS) is 14.4. The second-order valence-corrected chi connectivity index (χ2v) is 9.58. The SMILES string of the molecule is CCOc1cc(/C=C2/C(=O)NC(=O)N(c3ccccc3CC)C2=O)cc(I)c1OCc1ccc([N+](=O)[O-])cc1. The van der Waals surface area contributed by atoms with Crippen molar-refractivity contribution < 1.29 is 28.8 Å². The number of barbiturate groups is 1. The summed E-state index contributed by atoms with van der Waals surface area (Å²) in [7, 11) is 0. The number of hydrogen-bond acceptors (Lipinski definition) is 7. The number of hydrogen-bond donors (Lipinski definition) is 1. The maximum Gasteiger partial charge on any atom is 0.335 e. The number of urea groups is 1. The van der Waals surface area contributed by atoms with E-state index in [1.54, 1.807) is 36.4 Å². The highest BCUT2D eigenvalue weighted by Gasteiger charge is 2.37. The molecule has 200 valence electrons. The Hall–Kier alpha value is -4.26. The van der Waals surface area contributed by atoms with Crippen molar-refractivity contribution in [3.8, 4) is 11.5 Å². The first-order chi connectivity index (χ1) is 18.7. The lowest BCUT2D eigenvalue weighted by molar-refractivity contribution is -0.384. The van der Waals surface area contributed by atoms with E-state index in [1.165, 1.54) is 18.2 Å². The molecule has 1 N–H and O–H groups in total. The Bertz CT molecular complexity index is 1480. The molecule has 4 rings (SSSR count). The smallest absolute Gasteiger partial charge is 0.335 e. The molecule has 4 amide bonds. The summed E-state index contributed by atoms with van der Waals surface area (Å²) in [6.45, 7) is 4.20. The number of rotatable bonds is 9. The van der Waals surface area contributed by atoms with Gasteiger partial charge in [-0.3, -0.25) is 25.0 Å². The summed E-state index contributed by atoms with van der Waals surface area (Å²) in [4.78, 5) is 50.1. The number of imide groups is 2. The highest BCUT2D eigenvalue weighted by Crippen LogP contribution is 2.36. The van der Waals surface area contributed by atoms with E-state index in [9.17, 15) is 24.5 Å². The first-order valence-electron chi connectivity index (χ1n) is 12.0. The van der Waals surface area contributed by atoms with Crippen molar-refractivity contribution in [1.82, 2.24) is 5.32 Å². The number of benzene rings is 3. The van der Waals surface area contributed by atoms with Crippen molar-refractivity contribution >= 4 is 57.9 Å². The van der Waals surface area contributed by atoms with Gasteiger partial charge < -0.3 is 9.47 Å². The molecule has 1 heterocycles. The first-order valence-corrected chi connectivity index (χ1v) is 13.1. The molecular weight excluding hydrogens is 617 g/mol. The number of amides is 4. The maximum absolute atomic E-state index is 13.4. The van der Waals surface area contributed by atoms with E-state index in [1.807, 2.05) is 26.0 Å². The third-order valence-electron chi connectivity index (χ3n) is 5.89. The number of para-hydroxylation sites is 1. The van der Waals surface area contributed by atoms with E-state index < -0.39 is 22.8 Å². The van der Waals surface area contributed by atoms with Crippen molar-refractivity contribution in [3.63, 3.8) is 0 Å². The van der Waals surface area contributed by atoms with Crippen LogP contribution in [0.3, 0.4) is 0 Å². The van der Waals surface area contributed by atoms with Gasteiger partial charge in [-0.1, -0.05) is 25.1 Å². The third kappa shape index (κ3) is 6.08. The molecular formula is C28H24IN3O7. The Morgan fingerprint density at radius 3 is 2.41 bits per heavy atom. The van der Waals surface area contributed by atoms with Gasteiger partial charge >= 0.3 is 6.03 Å².